The first-order valence-electron chi connectivity index (χ1n) is 6.84. The van der Waals surface area contributed by atoms with Crippen LogP contribution in [0.25, 0.3) is 5.69 Å². The number of nitrogens with zero attached hydrogens (tertiary/aromatic N) is 2. The van der Waals surface area contributed by atoms with Crippen LogP contribution in [-0.4, -0.2) is 33.9 Å². The zero-order valence-corrected chi connectivity index (χ0v) is 12.8. The molecule has 6 heteroatoms. The summed E-state index contributed by atoms with van der Waals surface area (Å²) < 4.78 is 11.5. The third-order valence-electron chi connectivity index (χ3n) is 2.58. The number of ether oxygens (including phenoxy) is 2. The summed E-state index contributed by atoms with van der Waals surface area (Å²) in [6, 6.07) is 9.36. The summed E-state index contributed by atoms with van der Waals surface area (Å²) in [5.74, 6) is -1.20. The van der Waals surface area contributed by atoms with E-state index in [1.165, 1.54) is 6.20 Å². The van der Waals surface area contributed by atoms with E-state index in [1.54, 1.807) is 31.6 Å². The molecule has 1 aromatic carbocycles. The maximum absolute atomic E-state index is 11.9. The van der Waals surface area contributed by atoms with E-state index in [9.17, 15) is 9.59 Å². The van der Waals surface area contributed by atoms with E-state index in [1.807, 2.05) is 30.3 Å². The van der Waals surface area contributed by atoms with Crippen molar-refractivity contribution in [3.05, 3.63) is 48.3 Å². The minimum Gasteiger partial charge on any atom is -0.457 e. The first-order valence-corrected chi connectivity index (χ1v) is 6.84. The van der Waals surface area contributed by atoms with Gasteiger partial charge in [0, 0.05) is 6.20 Å². The molecule has 0 aliphatic carbocycles. The third-order valence-corrected chi connectivity index (χ3v) is 2.58. The fourth-order valence-electron chi connectivity index (χ4n) is 1.73. The Kier molecular flexibility index (Phi) is 4.60. The molecule has 0 amide bonds. The van der Waals surface area contributed by atoms with Crippen LogP contribution in [0.1, 0.15) is 31.1 Å². The van der Waals surface area contributed by atoms with Crippen molar-refractivity contribution >= 4 is 11.9 Å². The number of carbonyl (C=O) groups excluding carboxylic acids is 2. The van der Waals surface area contributed by atoms with Gasteiger partial charge in [-0.2, -0.15) is 5.10 Å². The normalized spacial score (nSPS) is 11.0. The van der Waals surface area contributed by atoms with Crippen LogP contribution in [0.15, 0.2) is 42.7 Å². The standard InChI is InChI=1S/C16H18N2O4/c1-16(2,3)22-14(19)11-21-15(20)12-9-17-18(10-12)13-7-5-4-6-8-13/h4-10H,11H2,1-3H3. The van der Waals surface area contributed by atoms with E-state index in [2.05, 4.69) is 5.10 Å². The number of benzene rings is 1. The van der Waals surface area contributed by atoms with Crippen molar-refractivity contribution < 1.29 is 19.1 Å². The number of carbonyl (C=O) groups is 2. The van der Waals surface area contributed by atoms with E-state index < -0.39 is 24.1 Å². The van der Waals surface area contributed by atoms with E-state index >= 15 is 0 Å². The molecule has 0 bridgehead atoms. The van der Waals surface area contributed by atoms with Crippen molar-refractivity contribution in [2.75, 3.05) is 6.61 Å². The van der Waals surface area contributed by atoms with Crippen LogP contribution in [0.2, 0.25) is 0 Å². The largest absolute Gasteiger partial charge is 0.457 e. The van der Waals surface area contributed by atoms with Gasteiger partial charge in [-0.05, 0) is 32.9 Å². The molecule has 0 saturated carbocycles. The zero-order valence-electron chi connectivity index (χ0n) is 12.8. The van der Waals surface area contributed by atoms with Gasteiger partial charge in [-0.1, -0.05) is 18.2 Å². The average molecular weight is 302 g/mol. The average Bonchev–Trinajstić information content (AvgIpc) is 2.94. The summed E-state index contributed by atoms with van der Waals surface area (Å²) in [5, 5.41) is 4.09. The lowest BCUT2D eigenvalue weighted by molar-refractivity contribution is -0.158. The lowest BCUT2D eigenvalue weighted by Gasteiger charge is -2.19. The molecule has 0 spiro atoms. The molecular formula is C16H18N2O4. The summed E-state index contributed by atoms with van der Waals surface area (Å²) in [6.07, 6.45) is 2.94. The monoisotopic (exact) mass is 302 g/mol. The Hall–Kier alpha value is -2.63. The van der Waals surface area contributed by atoms with Crippen LogP contribution in [0.4, 0.5) is 0 Å². The van der Waals surface area contributed by atoms with Crippen molar-refractivity contribution in [1.29, 1.82) is 0 Å². The molecule has 0 saturated heterocycles. The predicted molar refractivity (Wildman–Crippen MR) is 79.7 cm³/mol. The predicted octanol–water partition coefficient (Wildman–Crippen LogP) is 2.37. The summed E-state index contributed by atoms with van der Waals surface area (Å²) in [7, 11) is 0. The molecule has 0 radical (unpaired) electrons. The number of rotatable bonds is 4. The van der Waals surface area contributed by atoms with Gasteiger partial charge in [-0.25, -0.2) is 14.3 Å². The molecule has 0 aliphatic heterocycles. The fraction of sp³-hybridized carbons (Fsp3) is 0.312. The highest BCUT2D eigenvalue weighted by atomic mass is 16.6. The summed E-state index contributed by atoms with van der Waals surface area (Å²) in [5.41, 5.74) is 0.489. The Morgan fingerprint density at radius 3 is 2.50 bits per heavy atom. The molecule has 2 rings (SSSR count). The third kappa shape index (κ3) is 4.44. The molecule has 0 N–H and O–H groups in total. The van der Waals surface area contributed by atoms with Gasteiger partial charge in [-0.3, -0.25) is 0 Å². The lowest BCUT2D eigenvalue weighted by Crippen LogP contribution is -2.27. The second-order valence-corrected chi connectivity index (χ2v) is 5.67. The Morgan fingerprint density at radius 1 is 1.18 bits per heavy atom. The van der Waals surface area contributed by atoms with E-state index in [0.717, 1.165) is 5.69 Å². The molecule has 0 aliphatic rings. The fourth-order valence-corrected chi connectivity index (χ4v) is 1.73. The van der Waals surface area contributed by atoms with E-state index in [4.69, 9.17) is 9.47 Å². The highest BCUT2D eigenvalue weighted by Crippen LogP contribution is 2.10. The van der Waals surface area contributed by atoms with Crippen molar-refractivity contribution in [1.82, 2.24) is 9.78 Å². The van der Waals surface area contributed by atoms with Gasteiger partial charge in [0.15, 0.2) is 6.61 Å². The Balaban J connectivity index is 1.94. The van der Waals surface area contributed by atoms with Gasteiger partial charge in [0.1, 0.15) is 5.60 Å². The number of aromatic nitrogens is 2. The number of hydrogen-bond acceptors (Lipinski definition) is 5. The maximum Gasteiger partial charge on any atom is 0.344 e. The Bertz CT molecular complexity index is 656. The van der Waals surface area contributed by atoms with Crippen LogP contribution in [0.3, 0.4) is 0 Å². The minimum absolute atomic E-state index is 0.271. The molecule has 116 valence electrons. The Labute approximate surface area is 128 Å². The van der Waals surface area contributed by atoms with Gasteiger partial charge in [0.25, 0.3) is 0 Å². The molecule has 0 fully saturated rings. The van der Waals surface area contributed by atoms with Gasteiger partial charge in [-0.15, -0.1) is 0 Å². The highest BCUT2D eigenvalue weighted by molar-refractivity contribution is 5.90. The van der Waals surface area contributed by atoms with Gasteiger partial charge >= 0.3 is 11.9 Å². The topological polar surface area (TPSA) is 70.4 Å². The number of esters is 2. The smallest absolute Gasteiger partial charge is 0.344 e. The molecule has 1 aromatic heterocycles. The first-order chi connectivity index (χ1) is 10.3. The van der Waals surface area contributed by atoms with E-state index in [0.29, 0.717) is 0 Å². The molecule has 22 heavy (non-hydrogen) atoms. The quantitative estimate of drug-likeness (QED) is 0.811. The van der Waals surface area contributed by atoms with E-state index in [-0.39, 0.29) is 5.56 Å². The summed E-state index contributed by atoms with van der Waals surface area (Å²) >= 11 is 0. The SMILES string of the molecule is CC(C)(C)OC(=O)COC(=O)c1cnn(-c2ccccc2)c1. The van der Waals surface area contributed by atoms with Crippen LogP contribution in [-0.2, 0) is 14.3 Å². The lowest BCUT2D eigenvalue weighted by atomic mass is 10.2. The molecule has 1 heterocycles. The van der Waals surface area contributed by atoms with Gasteiger partial charge < -0.3 is 9.47 Å². The molecule has 6 nitrogen and oxygen atoms in total. The van der Waals surface area contributed by atoms with Crippen molar-refractivity contribution in [3.8, 4) is 5.69 Å². The number of hydrogen-bond donors (Lipinski definition) is 0. The van der Waals surface area contributed by atoms with Crippen LogP contribution in [0, 0.1) is 0 Å². The first kappa shape index (κ1) is 15.8. The zero-order chi connectivity index (χ0) is 16.2. The van der Waals surface area contributed by atoms with Crippen molar-refractivity contribution in [2.45, 2.75) is 26.4 Å². The molecule has 2 aromatic rings. The summed E-state index contributed by atoms with van der Waals surface area (Å²) in [6.45, 7) is 4.82. The Morgan fingerprint density at radius 2 is 1.86 bits per heavy atom. The van der Waals surface area contributed by atoms with Crippen molar-refractivity contribution in [3.63, 3.8) is 0 Å². The van der Waals surface area contributed by atoms with Crippen LogP contribution >= 0.6 is 0 Å². The molecule has 0 atom stereocenters. The number of para-hydroxylation sites is 1. The molecule has 0 unspecified atom stereocenters. The van der Waals surface area contributed by atoms with Crippen molar-refractivity contribution in [2.24, 2.45) is 0 Å². The van der Waals surface area contributed by atoms with Crippen LogP contribution in [0.5, 0.6) is 0 Å². The summed E-state index contributed by atoms with van der Waals surface area (Å²) in [4.78, 5) is 23.4. The second kappa shape index (κ2) is 6.43. The second-order valence-electron chi connectivity index (χ2n) is 5.67. The van der Waals surface area contributed by atoms with Gasteiger partial charge in [0.05, 0.1) is 17.4 Å². The maximum atomic E-state index is 11.9. The van der Waals surface area contributed by atoms with Crippen LogP contribution < -0.4 is 0 Å². The minimum atomic E-state index is -0.618. The van der Waals surface area contributed by atoms with Gasteiger partial charge in [0.2, 0.25) is 0 Å². The highest BCUT2D eigenvalue weighted by Gasteiger charge is 2.18. The molecular weight excluding hydrogens is 284 g/mol.